The Morgan fingerprint density at radius 2 is 1.66 bits per heavy atom. The van der Waals surface area contributed by atoms with E-state index in [0.29, 0.717) is 22.6 Å². The molecule has 0 spiro atoms. The van der Waals surface area contributed by atoms with Crippen LogP contribution < -0.4 is 19.1 Å². The highest BCUT2D eigenvalue weighted by molar-refractivity contribution is 6.15. The lowest BCUT2D eigenvalue weighted by Crippen LogP contribution is -2.21. The number of carbonyl (C=O) groups is 2. The normalized spacial score (nSPS) is 13.4. The minimum absolute atomic E-state index is 0.120. The van der Waals surface area contributed by atoms with Crippen molar-refractivity contribution in [3.63, 3.8) is 0 Å². The van der Waals surface area contributed by atoms with Crippen molar-refractivity contribution in [1.82, 2.24) is 0 Å². The zero-order chi connectivity index (χ0) is 24.9. The van der Waals surface area contributed by atoms with Crippen LogP contribution in [0.3, 0.4) is 0 Å². The second kappa shape index (κ2) is 10.5. The number of ketones is 1. The van der Waals surface area contributed by atoms with Crippen LogP contribution in [-0.2, 0) is 11.2 Å². The summed E-state index contributed by atoms with van der Waals surface area (Å²) in [5.74, 6) is 1.19. The van der Waals surface area contributed by atoms with Crippen molar-refractivity contribution in [3.05, 3.63) is 88.7 Å². The number of hydrogen-bond donors (Lipinski definition) is 0. The van der Waals surface area contributed by atoms with E-state index in [9.17, 15) is 9.59 Å². The molecule has 0 N–H and O–H groups in total. The average Bonchev–Trinajstić information content (AvgIpc) is 3.19. The van der Waals surface area contributed by atoms with E-state index in [-0.39, 0.29) is 18.0 Å². The Morgan fingerprint density at radius 1 is 0.971 bits per heavy atom. The Balaban J connectivity index is 1.48. The molecule has 1 aliphatic heterocycles. The molecule has 0 saturated carbocycles. The third-order valence-electron chi connectivity index (χ3n) is 6.09. The summed E-state index contributed by atoms with van der Waals surface area (Å²) < 4.78 is 16.7. The maximum Gasteiger partial charge on any atom is 0.315 e. The zero-order valence-corrected chi connectivity index (χ0v) is 20.5. The molecule has 0 unspecified atom stereocenters. The second-order valence-electron chi connectivity index (χ2n) is 8.27. The summed E-state index contributed by atoms with van der Waals surface area (Å²) in [7, 11) is 1.59. The number of fused-ring (bicyclic) bond motifs is 1. The van der Waals surface area contributed by atoms with Crippen molar-refractivity contribution in [3.8, 4) is 17.2 Å². The molecule has 0 amide bonds. The van der Waals surface area contributed by atoms with Gasteiger partial charge in [-0.3, -0.25) is 9.59 Å². The number of esters is 1. The van der Waals surface area contributed by atoms with Gasteiger partial charge in [0.2, 0.25) is 5.78 Å². The number of nitrogens with zero attached hydrogens (tertiary/aromatic N) is 1. The molecule has 0 atom stereocenters. The number of rotatable bonds is 8. The molecule has 0 radical (unpaired) electrons. The van der Waals surface area contributed by atoms with E-state index in [0.717, 1.165) is 35.7 Å². The number of Topliss-reactive ketones (excluding diaryl/α,β-unsaturated/α-hetero) is 1. The Kier molecular flexibility index (Phi) is 7.20. The van der Waals surface area contributed by atoms with Gasteiger partial charge in [0, 0.05) is 24.3 Å². The largest absolute Gasteiger partial charge is 0.497 e. The number of hydrogen-bond acceptors (Lipinski definition) is 6. The molecule has 6 nitrogen and oxygen atoms in total. The van der Waals surface area contributed by atoms with Gasteiger partial charge in [-0.15, -0.1) is 0 Å². The molecule has 4 rings (SSSR count). The summed E-state index contributed by atoms with van der Waals surface area (Å²) in [6.45, 7) is 7.88. The summed E-state index contributed by atoms with van der Waals surface area (Å²) >= 11 is 0. The van der Waals surface area contributed by atoms with E-state index in [2.05, 4.69) is 18.7 Å². The molecular formula is C29H29NO5. The van der Waals surface area contributed by atoms with Gasteiger partial charge in [-0.2, -0.15) is 0 Å². The van der Waals surface area contributed by atoms with Gasteiger partial charge in [-0.1, -0.05) is 24.3 Å². The van der Waals surface area contributed by atoms with Crippen molar-refractivity contribution in [2.45, 2.75) is 27.2 Å². The molecular weight excluding hydrogens is 442 g/mol. The van der Waals surface area contributed by atoms with Gasteiger partial charge < -0.3 is 19.1 Å². The third-order valence-corrected chi connectivity index (χ3v) is 6.09. The predicted molar refractivity (Wildman–Crippen MR) is 136 cm³/mol. The highest BCUT2D eigenvalue weighted by atomic mass is 16.5. The lowest BCUT2D eigenvalue weighted by atomic mass is 10.1. The van der Waals surface area contributed by atoms with E-state index < -0.39 is 5.97 Å². The number of allylic oxidation sites excluding steroid dienone is 1. The first kappa shape index (κ1) is 24.1. The number of methoxy groups -OCH3 is 1. The van der Waals surface area contributed by atoms with Crippen LogP contribution in [0.25, 0.3) is 6.08 Å². The van der Waals surface area contributed by atoms with Gasteiger partial charge in [0.25, 0.3) is 0 Å². The first-order valence-corrected chi connectivity index (χ1v) is 11.7. The van der Waals surface area contributed by atoms with Crippen LogP contribution in [0.4, 0.5) is 5.69 Å². The van der Waals surface area contributed by atoms with Gasteiger partial charge in [0.15, 0.2) is 5.76 Å². The first-order valence-electron chi connectivity index (χ1n) is 11.7. The zero-order valence-electron chi connectivity index (χ0n) is 20.5. The molecule has 0 bridgehead atoms. The van der Waals surface area contributed by atoms with Crippen molar-refractivity contribution < 1.29 is 23.8 Å². The van der Waals surface area contributed by atoms with Crippen LogP contribution in [0.15, 0.2) is 66.4 Å². The number of benzene rings is 3. The van der Waals surface area contributed by atoms with Crippen LogP contribution in [0.1, 0.15) is 40.9 Å². The van der Waals surface area contributed by atoms with Crippen LogP contribution in [-0.4, -0.2) is 32.0 Å². The number of anilines is 1. The molecule has 6 heteroatoms. The predicted octanol–water partition coefficient (Wildman–Crippen LogP) is 5.61. The van der Waals surface area contributed by atoms with Gasteiger partial charge in [-0.05, 0) is 74.4 Å². The molecule has 0 saturated heterocycles. The van der Waals surface area contributed by atoms with Crippen molar-refractivity contribution in [2.75, 3.05) is 25.1 Å². The van der Waals surface area contributed by atoms with E-state index >= 15 is 0 Å². The lowest BCUT2D eigenvalue weighted by molar-refractivity contribution is -0.133. The molecule has 0 aromatic heterocycles. The molecule has 35 heavy (non-hydrogen) atoms. The smallest absolute Gasteiger partial charge is 0.315 e. The fourth-order valence-electron chi connectivity index (χ4n) is 4.07. The van der Waals surface area contributed by atoms with Gasteiger partial charge in [-0.25, -0.2) is 0 Å². The topological polar surface area (TPSA) is 65.1 Å². The monoisotopic (exact) mass is 471 g/mol. The Hall–Kier alpha value is -4.06. The van der Waals surface area contributed by atoms with Crippen LogP contribution in [0, 0.1) is 6.92 Å². The highest BCUT2D eigenvalue weighted by Crippen LogP contribution is 2.39. The Morgan fingerprint density at radius 3 is 2.29 bits per heavy atom. The van der Waals surface area contributed by atoms with Gasteiger partial charge in [0.1, 0.15) is 17.2 Å². The summed E-state index contributed by atoms with van der Waals surface area (Å²) in [5, 5.41) is 0. The molecule has 180 valence electrons. The highest BCUT2D eigenvalue weighted by Gasteiger charge is 2.30. The third kappa shape index (κ3) is 5.22. The standard InChI is InChI=1S/C29H29NO5/c1-5-30(6-2)22-11-7-20(8-12-22)17-26-28(32)24-15-16-25(19(3)29(24)35-26)34-27(31)18-21-9-13-23(33-4)14-10-21/h7-17H,5-6,18H2,1-4H3/b26-17-. The van der Waals surface area contributed by atoms with Crippen molar-refractivity contribution in [1.29, 1.82) is 0 Å². The maximum absolute atomic E-state index is 12.9. The summed E-state index contributed by atoms with van der Waals surface area (Å²) in [6, 6.07) is 18.6. The van der Waals surface area contributed by atoms with Crippen molar-refractivity contribution >= 4 is 23.5 Å². The Labute approximate surface area is 205 Å². The van der Waals surface area contributed by atoms with Gasteiger partial charge in [0.05, 0.1) is 19.1 Å². The summed E-state index contributed by atoms with van der Waals surface area (Å²) in [4.78, 5) is 27.7. The summed E-state index contributed by atoms with van der Waals surface area (Å²) in [5.41, 5.74) is 3.90. The maximum atomic E-state index is 12.9. The van der Waals surface area contributed by atoms with Crippen molar-refractivity contribution in [2.24, 2.45) is 0 Å². The van der Waals surface area contributed by atoms with Crippen LogP contribution >= 0.6 is 0 Å². The number of carbonyl (C=O) groups excluding carboxylic acids is 2. The van der Waals surface area contributed by atoms with Crippen LogP contribution in [0.2, 0.25) is 0 Å². The average molecular weight is 472 g/mol. The minimum Gasteiger partial charge on any atom is -0.497 e. The molecule has 1 heterocycles. The lowest BCUT2D eigenvalue weighted by Gasteiger charge is -2.20. The SMILES string of the molecule is CCN(CC)c1ccc(/C=C2\Oc3c(ccc(OC(=O)Cc4ccc(OC)cc4)c3C)C2=O)cc1. The molecule has 3 aromatic rings. The quantitative estimate of drug-likeness (QED) is 0.242. The minimum atomic E-state index is -0.397. The van der Waals surface area contributed by atoms with E-state index in [4.69, 9.17) is 14.2 Å². The summed E-state index contributed by atoms with van der Waals surface area (Å²) in [6.07, 6.45) is 1.86. The van der Waals surface area contributed by atoms with E-state index in [1.54, 1.807) is 44.4 Å². The Bertz CT molecular complexity index is 1260. The molecule has 0 aliphatic carbocycles. The molecule has 0 fully saturated rings. The van der Waals surface area contributed by atoms with E-state index in [1.165, 1.54) is 0 Å². The van der Waals surface area contributed by atoms with Gasteiger partial charge >= 0.3 is 5.97 Å². The second-order valence-corrected chi connectivity index (χ2v) is 8.27. The molecule has 1 aliphatic rings. The first-order chi connectivity index (χ1) is 16.9. The van der Waals surface area contributed by atoms with E-state index in [1.807, 2.05) is 36.4 Å². The fourth-order valence-corrected chi connectivity index (χ4v) is 4.07. The fraction of sp³-hybridized carbons (Fsp3) is 0.241. The molecule has 3 aromatic carbocycles. The number of ether oxygens (including phenoxy) is 3. The van der Waals surface area contributed by atoms with Crippen LogP contribution in [0.5, 0.6) is 17.2 Å².